The molecule has 0 heterocycles. The minimum atomic E-state index is -0.235. The highest BCUT2D eigenvalue weighted by atomic mass is 79.9. The lowest BCUT2D eigenvalue weighted by Crippen LogP contribution is -2.44. The van der Waals surface area contributed by atoms with Crippen molar-refractivity contribution in [2.24, 2.45) is 0 Å². The topological polar surface area (TPSA) is 59.1 Å². The molecule has 0 bridgehead atoms. The van der Waals surface area contributed by atoms with Crippen LogP contribution < -0.4 is 19.3 Å². The molecule has 0 aromatic heterocycles. The Bertz CT molecular complexity index is 1390. The van der Waals surface area contributed by atoms with Gasteiger partial charge < -0.3 is 19.3 Å². The van der Waals surface area contributed by atoms with E-state index >= 15 is 0 Å². The van der Waals surface area contributed by atoms with Crippen LogP contribution in [0.2, 0.25) is 0 Å². The number of benzene rings is 4. The summed E-state index contributed by atoms with van der Waals surface area (Å²) in [6.45, 7) is 3.99. The maximum Gasteiger partial charge on any atom is 0.264 e. The lowest BCUT2D eigenvalue weighted by molar-refractivity contribution is -0.122. The molecule has 4 rings (SSSR count). The zero-order valence-corrected chi connectivity index (χ0v) is 29.3. The molecule has 0 aliphatic heterocycles. The molecule has 0 saturated carbocycles. The Hall–Kier alpha value is -2.66. The van der Waals surface area contributed by atoms with Gasteiger partial charge in [-0.3, -0.25) is 9.59 Å². The number of hydrogen-bond donors (Lipinski definition) is 0. The van der Waals surface area contributed by atoms with Crippen LogP contribution in [0.1, 0.15) is 11.1 Å². The molecule has 0 aliphatic carbocycles. The quantitative estimate of drug-likeness (QED) is 0.152. The first kappa shape index (κ1) is 32.3. The highest BCUT2D eigenvalue weighted by Crippen LogP contribution is 2.33. The highest BCUT2D eigenvalue weighted by molar-refractivity contribution is 9.11. The number of ether oxygens (including phenoxy) is 2. The summed E-state index contributed by atoms with van der Waals surface area (Å²) < 4.78 is 15.3. The van der Waals surface area contributed by atoms with Gasteiger partial charge in [-0.15, -0.1) is 0 Å². The van der Waals surface area contributed by atoms with Crippen molar-refractivity contribution in [2.75, 3.05) is 36.1 Å². The normalized spacial score (nSPS) is 10.7. The summed E-state index contributed by atoms with van der Waals surface area (Å²) in [7, 11) is 0. The van der Waals surface area contributed by atoms with Crippen LogP contribution in [-0.4, -0.2) is 38.1 Å². The predicted molar refractivity (Wildman–Crippen MR) is 182 cm³/mol. The third-order valence-corrected chi connectivity index (χ3v) is 8.45. The maximum atomic E-state index is 13.6. The Balaban J connectivity index is 1.53. The number of rotatable bonds is 11. The van der Waals surface area contributed by atoms with Crippen LogP contribution in [0, 0.1) is 13.8 Å². The largest absolute Gasteiger partial charge is 0.482 e. The van der Waals surface area contributed by atoms with Gasteiger partial charge in [-0.05, 0) is 105 Å². The molecule has 0 aliphatic rings. The monoisotopic (exact) mass is 820 g/mol. The molecule has 10 heteroatoms. The van der Waals surface area contributed by atoms with Crippen LogP contribution >= 0.6 is 63.7 Å². The number of hydrogen-bond acceptors (Lipinski definition) is 4. The summed E-state index contributed by atoms with van der Waals surface area (Å²) in [5, 5.41) is 0. The fourth-order valence-corrected chi connectivity index (χ4v) is 7.49. The summed E-state index contributed by atoms with van der Waals surface area (Å²) in [6.07, 6.45) is 0. The first-order valence-electron chi connectivity index (χ1n) is 13.0. The highest BCUT2D eigenvalue weighted by Gasteiger charge is 2.23. The molecule has 42 heavy (non-hydrogen) atoms. The number of carbonyl (C=O) groups is 2. The van der Waals surface area contributed by atoms with Gasteiger partial charge in [0.1, 0.15) is 11.5 Å². The number of amides is 2. The van der Waals surface area contributed by atoms with Crippen LogP contribution in [0.5, 0.6) is 11.5 Å². The van der Waals surface area contributed by atoms with Gasteiger partial charge in [0.05, 0.1) is 8.95 Å². The van der Waals surface area contributed by atoms with Crippen molar-refractivity contribution in [1.82, 2.24) is 0 Å². The van der Waals surface area contributed by atoms with Crippen molar-refractivity contribution in [3.05, 3.63) is 114 Å². The van der Waals surface area contributed by atoms with Gasteiger partial charge in [0, 0.05) is 33.4 Å². The molecule has 0 unspecified atom stereocenters. The third-order valence-electron chi connectivity index (χ3n) is 6.35. The molecule has 2 amide bonds. The summed E-state index contributed by atoms with van der Waals surface area (Å²) in [6, 6.07) is 26.4. The van der Waals surface area contributed by atoms with Gasteiger partial charge in [-0.1, -0.05) is 68.3 Å². The molecule has 0 fully saturated rings. The molecule has 218 valence electrons. The molecule has 0 N–H and O–H groups in total. The van der Waals surface area contributed by atoms with Crippen LogP contribution in [0.25, 0.3) is 0 Å². The smallest absolute Gasteiger partial charge is 0.264 e. The fraction of sp³-hybridized carbons (Fsp3) is 0.188. The minimum Gasteiger partial charge on any atom is -0.482 e. The van der Waals surface area contributed by atoms with E-state index in [4.69, 9.17) is 9.47 Å². The van der Waals surface area contributed by atoms with Gasteiger partial charge >= 0.3 is 0 Å². The van der Waals surface area contributed by atoms with Crippen LogP contribution in [-0.2, 0) is 9.59 Å². The molecule has 6 nitrogen and oxygen atoms in total. The molecule has 0 saturated heterocycles. The lowest BCUT2D eigenvalue weighted by Gasteiger charge is -2.28. The third kappa shape index (κ3) is 8.46. The number of nitrogens with zero attached hydrogens (tertiary/aromatic N) is 2. The first-order chi connectivity index (χ1) is 20.1. The average molecular weight is 824 g/mol. The van der Waals surface area contributed by atoms with Gasteiger partial charge in [-0.2, -0.15) is 0 Å². The summed E-state index contributed by atoms with van der Waals surface area (Å²) in [5.74, 6) is 0.738. The van der Waals surface area contributed by atoms with E-state index in [1.54, 1.807) is 9.80 Å². The first-order valence-corrected chi connectivity index (χ1v) is 16.2. The maximum absolute atomic E-state index is 13.6. The van der Waals surface area contributed by atoms with E-state index in [0.717, 1.165) is 29.0 Å². The Labute approximate surface area is 279 Å². The van der Waals surface area contributed by atoms with Gasteiger partial charge in [0.25, 0.3) is 11.8 Å². The van der Waals surface area contributed by atoms with E-state index in [2.05, 4.69) is 63.7 Å². The number of halogens is 4. The number of aryl methyl sites for hydroxylation is 2. The van der Waals surface area contributed by atoms with E-state index in [9.17, 15) is 9.59 Å². The Morgan fingerprint density at radius 1 is 0.595 bits per heavy atom. The van der Waals surface area contributed by atoms with Crippen LogP contribution in [0.4, 0.5) is 11.4 Å². The molecular formula is C32H28Br4N2O4. The van der Waals surface area contributed by atoms with E-state index < -0.39 is 0 Å². The predicted octanol–water partition coefficient (Wildman–Crippen LogP) is 8.88. The van der Waals surface area contributed by atoms with Gasteiger partial charge in [-0.25, -0.2) is 0 Å². The zero-order valence-electron chi connectivity index (χ0n) is 23.0. The summed E-state index contributed by atoms with van der Waals surface area (Å²) >= 11 is 14.0. The number of anilines is 2. The standard InChI is InChI=1S/C32H28Br4N2O4/c1-21-15-23(33)17-27(35)31(21)41-19-29(39)37(25-9-5-3-6-10-25)13-14-38(26-11-7-4-8-12-26)30(40)20-42-32-22(2)16-24(34)18-28(32)36/h3-12,15-18H,13-14,19-20H2,1-2H3. The van der Waals surface area contributed by atoms with Gasteiger partial charge in [0.15, 0.2) is 13.2 Å². The van der Waals surface area contributed by atoms with E-state index in [1.165, 1.54) is 0 Å². The van der Waals surface area contributed by atoms with Crippen molar-refractivity contribution in [3.8, 4) is 11.5 Å². The minimum absolute atomic E-state index is 0.171. The second kappa shape index (κ2) is 15.2. The van der Waals surface area contributed by atoms with E-state index in [1.807, 2.05) is 98.8 Å². The van der Waals surface area contributed by atoms with Crippen molar-refractivity contribution in [3.63, 3.8) is 0 Å². The zero-order chi connectivity index (χ0) is 30.2. The summed E-state index contributed by atoms with van der Waals surface area (Å²) in [4.78, 5) is 30.4. The SMILES string of the molecule is Cc1cc(Br)cc(Br)c1OCC(=O)N(CCN(C(=O)COc1c(C)cc(Br)cc1Br)c1ccccc1)c1ccccc1. The van der Waals surface area contributed by atoms with Crippen molar-refractivity contribution < 1.29 is 19.1 Å². The Kier molecular flexibility index (Phi) is 11.7. The van der Waals surface area contributed by atoms with E-state index in [0.29, 0.717) is 22.9 Å². The van der Waals surface area contributed by atoms with Crippen molar-refractivity contribution in [1.29, 1.82) is 0 Å². The van der Waals surface area contributed by atoms with Crippen molar-refractivity contribution >= 4 is 86.9 Å². The van der Waals surface area contributed by atoms with Crippen LogP contribution in [0.15, 0.2) is 103 Å². The number of para-hydroxylation sites is 2. The Morgan fingerprint density at radius 2 is 0.952 bits per heavy atom. The van der Waals surface area contributed by atoms with E-state index in [-0.39, 0.29) is 38.1 Å². The molecule has 4 aromatic carbocycles. The molecule has 0 radical (unpaired) electrons. The molecule has 0 spiro atoms. The summed E-state index contributed by atoms with van der Waals surface area (Å²) in [5.41, 5.74) is 3.21. The molecule has 4 aromatic rings. The van der Waals surface area contributed by atoms with Gasteiger partial charge in [0.2, 0.25) is 0 Å². The van der Waals surface area contributed by atoms with Crippen LogP contribution in [0.3, 0.4) is 0 Å². The molecular weight excluding hydrogens is 796 g/mol. The lowest BCUT2D eigenvalue weighted by atomic mass is 10.2. The fourth-order valence-electron chi connectivity index (χ4n) is 4.38. The Morgan fingerprint density at radius 3 is 1.29 bits per heavy atom. The van der Waals surface area contributed by atoms with Crippen molar-refractivity contribution in [2.45, 2.75) is 13.8 Å². The number of carbonyl (C=O) groups excluding carboxylic acids is 2. The average Bonchev–Trinajstić information content (AvgIpc) is 2.95. The second-order valence-corrected chi connectivity index (χ2v) is 12.9. The molecule has 0 atom stereocenters. The second-order valence-electron chi connectivity index (χ2n) is 9.41.